The second kappa shape index (κ2) is 9.15. The van der Waals surface area contributed by atoms with Crippen LogP contribution in [-0.2, 0) is 4.74 Å². The zero-order valence-corrected chi connectivity index (χ0v) is 13.0. The van der Waals surface area contributed by atoms with Gasteiger partial charge in [-0.05, 0) is 46.8 Å². The van der Waals surface area contributed by atoms with E-state index in [0.717, 1.165) is 58.0 Å². The summed E-state index contributed by atoms with van der Waals surface area (Å²) in [6.45, 7) is 7.06. The van der Waals surface area contributed by atoms with E-state index in [0.29, 0.717) is 6.10 Å². The van der Waals surface area contributed by atoms with Crippen molar-refractivity contribution in [2.24, 2.45) is 4.99 Å². The fourth-order valence-electron chi connectivity index (χ4n) is 2.40. The van der Waals surface area contributed by atoms with E-state index in [-0.39, 0.29) is 0 Å². The summed E-state index contributed by atoms with van der Waals surface area (Å²) in [4.78, 5) is 8.92. The van der Waals surface area contributed by atoms with Crippen molar-refractivity contribution in [2.45, 2.75) is 32.3 Å². The Balaban J connectivity index is 2.25. The molecule has 1 rings (SSSR count). The number of rotatable bonds is 6. The monoisotopic (exact) mass is 270 g/mol. The van der Waals surface area contributed by atoms with Crippen LogP contribution < -0.4 is 5.32 Å². The molecule has 1 aliphatic rings. The molecule has 5 nitrogen and oxygen atoms in total. The molecule has 0 aliphatic carbocycles. The van der Waals surface area contributed by atoms with Crippen LogP contribution >= 0.6 is 0 Å². The van der Waals surface area contributed by atoms with Crippen molar-refractivity contribution in [3.05, 3.63) is 0 Å². The smallest absolute Gasteiger partial charge is 0.193 e. The lowest BCUT2D eigenvalue weighted by molar-refractivity contribution is 0.0264. The van der Waals surface area contributed by atoms with E-state index in [1.807, 2.05) is 7.05 Å². The van der Waals surface area contributed by atoms with Crippen molar-refractivity contribution in [1.82, 2.24) is 15.1 Å². The van der Waals surface area contributed by atoms with Crippen molar-refractivity contribution >= 4 is 5.96 Å². The molecule has 0 aromatic carbocycles. The molecule has 1 fully saturated rings. The average molecular weight is 270 g/mol. The highest BCUT2D eigenvalue weighted by Crippen LogP contribution is 2.13. The Morgan fingerprint density at radius 2 is 2.05 bits per heavy atom. The lowest BCUT2D eigenvalue weighted by Gasteiger charge is -2.34. The molecule has 1 N–H and O–H groups in total. The molecule has 0 radical (unpaired) electrons. The van der Waals surface area contributed by atoms with Crippen LogP contribution in [0.5, 0.6) is 0 Å². The molecule has 0 saturated carbocycles. The van der Waals surface area contributed by atoms with E-state index < -0.39 is 0 Å². The molecule has 1 aliphatic heterocycles. The Hall–Kier alpha value is -0.810. The van der Waals surface area contributed by atoms with Crippen LogP contribution in [-0.4, -0.2) is 75.8 Å². The maximum absolute atomic E-state index is 5.68. The molecule has 1 heterocycles. The SMILES string of the molecule is CCOC1CCN(C(=NC)NCCCN(C)C)CC1. The van der Waals surface area contributed by atoms with Crippen molar-refractivity contribution in [3.63, 3.8) is 0 Å². The van der Waals surface area contributed by atoms with Crippen LogP contribution in [0.15, 0.2) is 4.99 Å². The van der Waals surface area contributed by atoms with E-state index in [2.05, 4.69) is 41.1 Å². The van der Waals surface area contributed by atoms with E-state index in [9.17, 15) is 0 Å². The predicted molar refractivity (Wildman–Crippen MR) is 80.8 cm³/mol. The third-order valence-corrected chi connectivity index (χ3v) is 3.42. The first-order valence-electron chi connectivity index (χ1n) is 7.39. The van der Waals surface area contributed by atoms with Crippen LogP contribution in [0.1, 0.15) is 26.2 Å². The average Bonchev–Trinajstić information content (AvgIpc) is 2.40. The fourth-order valence-corrected chi connectivity index (χ4v) is 2.40. The first-order chi connectivity index (χ1) is 9.17. The van der Waals surface area contributed by atoms with Crippen LogP contribution in [0.25, 0.3) is 0 Å². The molecule has 0 atom stereocenters. The van der Waals surface area contributed by atoms with Crippen LogP contribution in [0, 0.1) is 0 Å². The normalized spacial score (nSPS) is 18.2. The number of nitrogens with zero attached hydrogens (tertiary/aromatic N) is 3. The van der Waals surface area contributed by atoms with Crippen LogP contribution in [0.4, 0.5) is 0 Å². The maximum atomic E-state index is 5.68. The van der Waals surface area contributed by atoms with Crippen LogP contribution in [0.2, 0.25) is 0 Å². The molecule has 112 valence electrons. The van der Waals surface area contributed by atoms with Gasteiger partial charge in [0.15, 0.2) is 5.96 Å². The molecule has 0 bridgehead atoms. The Kier molecular flexibility index (Phi) is 7.82. The Bertz CT molecular complexity index is 260. The maximum Gasteiger partial charge on any atom is 0.193 e. The highest BCUT2D eigenvalue weighted by molar-refractivity contribution is 5.79. The summed E-state index contributed by atoms with van der Waals surface area (Å²) in [5, 5.41) is 3.45. The molecular weight excluding hydrogens is 240 g/mol. The van der Waals surface area contributed by atoms with Crippen molar-refractivity contribution < 1.29 is 4.74 Å². The number of likely N-dealkylation sites (tertiary alicyclic amines) is 1. The van der Waals surface area contributed by atoms with E-state index in [4.69, 9.17) is 4.74 Å². The van der Waals surface area contributed by atoms with Gasteiger partial charge >= 0.3 is 0 Å². The number of nitrogens with one attached hydrogen (secondary N) is 1. The van der Waals surface area contributed by atoms with E-state index in [1.54, 1.807) is 0 Å². The zero-order chi connectivity index (χ0) is 14.1. The van der Waals surface area contributed by atoms with E-state index >= 15 is 0 Å². The van der Waals surface area contributed by atoms with E-state index in [1.165, 1.54) is 0 Å². The molecular formula is C14H30N4O. The summed E-state index contributed by atoms with van der Waals surface area (Å²) in [5.41, 5.74) is 0. The number of piperidine rings is 1. The number of hydrogen-bond donors (Lipinski definition) is 1. The minimum Gasteiger partial charge on any atom is -0.378 e. The zero-order valence-electron chi connectivity index (χ0n) is 13.0. The number of ether oxygens (including phenoxy) is 1. The first kappa shape index (κ1) is 16.2. The second-order valence-corrected chi connectivity index (χ2v) is 5.27. The minimum atomic E-state index is 0.438. The third kappa shape index (κ3) is 6.25. The summed E-state index contributed by atoms with van der Waals surface area (Å²) in [5.74, 6) is 1.04. The lowest BCUT2D eigenvalue weighted by atomic mass is 10.1. The summed E-state index contributed by atoms with van der Waals surface area (Å²) < 4.78 is 5.68. The lowest BCUT2D eigenvalue weighted by Crippen LogP contribution is -2.47. The predicted octanol–water partition coefficient (Wildman–Crippen LogP) is 1.01. The quantitative estimate of drug-likeness (QED) is 0.444. The van der Waals surface area contributed by atoms with Gasteiger partial charge in [-0.25, -0.2) is 0 Å². The molecule has 0 aromatic heterocycles. The van der Waals surface area contributed by atoms with Gasteiger partial charge in [0, 0.05) is 33.3 Å². The van der Waals surface area contributed by atoms with Gasteiger partial charge < -0.3 is 19.9 Å². The minimum absolute atomic E-state index is 0.438. The van der Waals surface area contributed by atoms with Gasteiger partial charge in [-0.2, -0.15) is 0 Å². The number of aliphatic imine (C=N–C) groups is 1. The molecule has 0 amide bonds. The summed E-state index contributed by atoms with van der Waals surface area (Å²) in [6.07, 6.45) is 3.79. The largest absolute Gasteiger partial charge is 0.378 e. The Morgan fingerprint density at radius 1 is 1.37 bits per heavy atom. The first-order valence-corrected chi connectivity index (χ1v) is 7.39. The van der Waals surface area contributed by atoms with Gasteiger partial charge in [-0.1, -0.05) is 0 Å². The molecule has 5 heteroatoms. The summed E-state index contributed by atoms with van der Waals surface area (Å²) in [7, 11) is 6.07. The van der Waals surface area contributed by atoms with Gasteiger partial charge in [-0.3, -0.25) is 4.99 Å². The molecule has 0 spiro atoms. The highest BCUT2D eigenvalue weighted by Gasteiger charge is 2.21. The van der Waals surface area contributed by atoms with Gasteiger partial charge in [0.1, 0.15) is 0 Å². The summed E-state index contributed by atoms with van der Waals surface area (Å²) >= 11 is 0. The number of hydrogen-bond acceptors (Lipinski definition) is 3. The van der Waals surface area contributed by atoms with Gasteiger partial charge in [0.05, 0.1) is 6.10 Å². The molecule has 1 saturated heterocycles. The Labute approximate surface area is 118 Å². The molecule has 0 aromatic rings. The van der Waals surface area contributed by atoms with Crippen molar-refractivity contribution in [2.75, 3.05) is 53.9 Å². The number of guanidine groups is 1. The van der Waals surface area contributed by atoms with Gasteiger partial charge in [0.2, 0.25) is 0 Å². The topological polar surface area (TPSA) is 40.1 Å². The Morgan fingerprint density at radius 3 is 2.58 bits per heavy atom. The van der Waals surface area contributed by atoms with Gasteiger partial charge in [0.25, 0.3) is 0 Å². The van der Waals surface area contributed by atoms with Crippen molar-refractivity contribution in [1.29, 1.82) is 0 Å². The summed E-state index contributed by atoms with van der Waals surface area (Å²) in [6, 6.07) is 0. The fraction of sp³-hybridized carbons (Fsp3) is 0.929. The molecule has 19 heavy (non-hydrogen) atoms. The van der Waals surface area contributed by atoms with Crippen LogP contribution in [0.3, 0.4) is 0 Å². The second-order valence-electron chi connectivity index (χ2n) is 5.27. The third-order valence-electron chi connectivity index (χ3n) is 3.42. The van der Waals surface area contributed by atoms with Gasteiger partial charge in [-0.15, -0.1) is 0 Å². The highest BCUT2D eigenvalue weighted by atomic mass is 16.5. The molecule has 0 unspecified atom stereocenters. The van der Waals surface area contributed by atoms with Crippen molar-refractivity contribution in [3.8, 4) is 0 Å². The standard InChI is InChI=1S/C14H30N4O/c1-5-19-13-7-11-18(12-8-13)14(15-2)16-9-6-10-17(3)4/h13H,5-12H2,1-4H3,(H,15,16).